The number of furan rings is 1. The SMILES string of the molecule is CCOc1cccc(/C(O)=C2/C(=O)C(=O)N(c3ccc(C(=O)OC)cc3)C2c2ccco2)c1. The quantitative estimate of drug-likeness (QED) is 0.262. The number of aliphatic hydroxyl groups excluding tert-OH is 1. The van der Waals surface area contributed by atoms with Crippen molar-refractivity contribution < 1.29 is 33.4 Å². The van der Waals surface area contributed by atoms with Crippen LogP contribution < -0.4 is 9.64 Å². The zero-order valence-corrected chi connectivity index (χ0v) is 18.0. The second-order valence-corrected chi connectivity index (χ2v) is 7.18. The number of hydrogen-bond donors (Lipinski definition) is 1. The van der Waals surface area contributed by atoms with Crippen molar-refractivity contribution in [3.63, 3.8) is 0 Å². The summed E-state index contributed by atoms with van der Waals surface area (Å²) >= 11 is 0. The molecule has 4 rings (SSSR count). The van der Waals surface area contributed by atoms with Crippen LogP contribution in [-0.4, -0.2) is 36.5 Å². The van der Waals surface area contributed by atoms with Crippen LogP contribution in [-0.2, 0) is 14.3 Å². The molecule has 1 aliphatic heterocycles. The molecular weight excluding hydrogens is 426 g/mol. The number of Topliss-reactive ketones (excluding diaryl/α,β-unsaturated/α-hetero) is 1. The summed E-state index contributed by atoms with van der Waals surface area (Å²) in [5, 5.41) is 11.1. The van der Waals surface area contributed by atoms with Gasteiger partial charge in [0, 0.05) is 11.3 Å². The van der Waals surface area contributed by atoms with Crippen molar-refractivity contribution in [2.24, 2.45) is 0 Å². The summed E-state index contributed by atoms with van der Waals surface area (Å²) in [5.41, 5.74) is 0.866. The van der Waals surface area contributed by atoms with Crippen molar-refractivity contribution in [2.75, 3.05) is 18.6 Å². The maximum absolute atomic E-state index is 13.1. The lowest BCUT2D eigenvalue weighted by Gasteiger charge is -2.23. The van der Waals surface area contributed by atoms with Gasteiger partial charge in [0.15, 0.2) is 0 Å². The van der Waals surface area contributed by atoms with Crippen molar-refractivity contribution in [1.29, 1.82) is 0 Å². The molecule has 1 fully saturated rings. The first kappa shape index (κ1) is 21.9. The van der Waals surface area contributed by atoms with E-state index < -0.39 is 23.7 Å². The van der Waals surface area contributed by atoms with Gasteiger partial charge >= 0.3 is 5.97 Å². The Labute approximate surface area is 189 Å². The third-order valence-corrected chi connectivity index (χ3v) is 5.24. The Kier molecular flexibility index (Phi) is 5.99. The number of ether oxygens (including phenoxy) is 2. The van der Waals surface area contributed by atoms with E-state index in [1.54, 1.807) is 36.4 Å². The first-order valence-corrected chi connectivity index (χ1v) is 10.2. The number of amides is 1. The smallest absolute Gasteiger partial charge is 0.337 e. The fourth-order valence-electron chi connectivity index (χ4n) is 3.75. The first-order chi connectivity index (χ1) is 16.0. The van der Waals surface area contributed by atoms with Gasteiger partial charge in [-0.2, -0.15) is 0 Å². The van der Waals surface area contributed by atoms with Gasteiger partial charge in [-0.25, -0.2) is 4.79 Å². The number of methoxy groups -OCH3 is 1. The van der Waals surface area contributed by atoms with Crippen LogP contribution >= 0.6 is 0 Å². The number of ketones is 1. The number of carbonyl (C=O) groups excluding carboxylic acids is 3. The van der Waals surface area contributed by atoms with E-state index in [-0.39, 0.29) is 11.3 Å². The van der Waals surface area contributed by atoms with Crippen LogP contribution in [0.2, 0.25) is 0 Å². The fraction of sp³-hybridized carbons (Fsp3) is 0.160. The summed E-state index contributed by atoms with van der Waals surface area (Å²) < 4.78 is 15.7. The Morgan fingerprint density at radius 2 is 1.82 bits per heavy atom. The third-order valence-electron chi connectivity index (χ3n) is 5.24. The lowest BCUT2D eigenvalue weighted by Crippen LogP contribution is -2.29. The second kappa shape index (κ2) is 9.04. The van der Waals surface area contributed by atoms with Gasteiger partial charge in [0.25, 0.3) is 11.7 Å². The highest BCUT2D eigenvalue weighted by atomic mass is 16.5. The molecule has 2 heterocycles. The molecule has 0 aliphatic carbocycles. The molecule has 1 amide bonds. The minimum absolute atomic E-state index is 0.111. The van der Waals surface area contributed by atoms with Gasteiger partial charge in [-0.3, -0.25) is 14.5 Å². The zero-order valence-electron chi connectivity index (χ0n) is 18.0. The molecule has 1 unspecified atom stereocenters. The van der Waals surface area contributed by atoms with Crippen LogP contribution in [0.25, 0.3) is 5.76 Å². The third kappa shape index (κ3) is 3.98. The van der Waals surface area contributed by atoms with Crippen LogP contribution in [0.15, 0.2) is 76.9 Å². The highest BCUT2D eigenvalue weighted by Gasteiger charge is 2.48. The van der Waals surface area contributed by atoms with Gasteiger partial charge in [0.05, 0.1) is 31.1 Å². The Balaban J connectivity index is 1.84. The molecule has 0 bridgehead atoms. The molecule has 0 saturated carbocycles. The predicted octanol–water partition coefficient (Wildman–Crippen LogP) is 4.09. The maximum atomic E-state index is 13.1. The molecular formula is C25H21NO7. The van der Waals surface area contributed by atoms with E-state index in [4.69, 9.17) is 13.9 Å². The van der Waals surface area contributed by atoms with E-state index in [2.05, 4.69) is 0 Å². The van der Waals surface area contributed by atoms with Crippen LogP contribution in [0, 0.1) is 0 Å². The average Bonchev–Trinajstić information content (AvgIpc) is 3.45. The number of esters is 1. The Hall–Kier alpha value is -4.33. The normalized spacial score (nSPS) is 17.3. The summed E-state index contributed by atoms with van der Waals surface area (Å²) in [6, 6.07) is 14.9. The molecule has 8 heteroatoms. The summed E-state index contributed by atoms with van der Waals surface area (Å²) in [6.45, 7) is 2.27. The maximum Gasteiger partial charge on any atom is 0.337 e. The monoisotopic (exact) mass is 447 g/mol. The fourth-order valence-corrected chi connectivity index (χ4v) is 3.75. The van der Waals surface area contributed by atoms with E-state index >= 15 is 0 Å². The molecule has 33 heavy (non-hydrogen) atoms. The lowest BCUT2D eigenvalue weighted by atomic mass is 9.99. The van der Waals surface area contributed by atoms with E-state index in [1.165, 1.54) is 42.5 Å². The molecule has 168 valence electrons. The van der Waals surface area contributed by atoms with Crippen LogP contribution in [0.1, 0.15) is 34.6 Å². The van der Waals surface area contributed by atoms with Crippen molar-refractivity contribution in [3.05, 3.63) is 89.4 Å². The first-order valence-electron chi connectivity index (χ1n) is 10.2. The minimum atomic E-state index is -1.00. The van der Waals surface area contributed by atoms with E-state index in [9.17, 15) is 19.5 Å². The Morgan fingerprint density at radius 1 is 1.06 bits per heavy atom. The number of anilines is 1. The summed E-state index contributed by atoms with van der Waals surface area (Å²) in [5.74, 6) is -1.74. The van der Waals surface area contributed by atoms with Crippen LogP contribution in [0.3, 0.4) is 0 Å². The molecule has 1 aliphatic rings. The minimum Gasteiger partial charge on any atom is -0.507 e. The summed E-state index contributed by atoms with van der Waals surface area (Å²) in [6.07, 6.45) is 1.42. The van der Waals surface area contributed by atoms with Crippen molar-refractivity contribution in [3.8, 4) is 5.75 Å². The predicted molar refractivity (Wildman–Crippen MR) is 119 cm³/mol. The second-order valence-electron chi connectivity index (χ2n) is 7.18. The molecule has 3 aromatic rings. The number of hydrogen-bond acceptors (Lipinski definition) is 7. The Bertz CT molecular complexity index is 1230. The van der Waals surface area contributed by atoms with Gasteiger partial charge in [-0.05, 0) is 55.5 Å². The summed E-state index contributed by atoms with van der Waals surface area (Å²) in [4.78, 5) is 39.2. The number of rotatable bonds is 6. The standard InChI is InChI=1S/C25H21NO7/c1-3-32-18-7-4-6-16(14-18)22(27)20-21(19-8-5-13-33-19)26(24(29)23(20)28)17-11-9-15(10-12-17)25(30)31-2/h4-14,21,27H,3H2,1-2H3/b22-20-. The molecule has 1 aromatic heterocycles. The van der Waals surface area contributed by atoms with Gasteiger partial charge in [0.1, 0.15) is 23.3 Å². The topological polar surface area (TPSA) is 106 Å². The molecule has 0 radical (unpaired) electrons. The number of aliphatic hydroxyl groups is 1. The van der Waals surface area contributed by atoms with Crippen LogP contribution in [0.5, 0.6) is 5.75 Å². The van der Waals surface area contributed by atoms with Crippen molar-refractivity contribution in [2.45, 2.75) is 13.0 Å². The van der Waals surface area contributed by atoms with Gasteiger partial charge in [-0.15, -0.1) is 0 Å². The largest absolute Gasteiger partial charge is 0.507 e. The number of benzene rings is 2. The van der Waals surface area contributed by atoms with E-state index in [0.717, 1.165) is 0 Å². The van der Waals surface area contributed by atoms with Gasteiger partial charge in [0.2, 0.25) is 0 Å². The molecule has 1 saturated heterocycles. The van der Waals surface area contributed by atoms with Gasteiger partial charge in [-0.1, -0.05) is 12.1 Å². The lowest BCUT2D eigenvalue weighted by molar-refractivity contribution is -0.132. The molecule has 1 atom stereocenters. The Morgan fingerprint density at radius 3 is 2.45 bits per heavy atom. The highest BCUT2D eigenvalue weighted by Crippen LogP contribution is 2.42. The van der Waals surface area contributed by atoms with Crippen molar-refractivity contribution in [1.82, 2.24) is 0 Å². The van der Waals surface area contributed by atoms with E-state index in [0.29, 0.717) is 34.9 Å². The highest BCUT2D eigenvalue weighted by molar-refractivity contribution is 6.51. The van der Waals surface area contributed by atoms with Crippen LogP contribution in [0.4, 0.5) is 5.69 Å². The van der Waals surface area contributed by atoms with Gasteiger partial charge < -0.3 is 19.0 Å². The number of carbonyl (C=O) groups is 3. The zero-order chi connectivity index (χ0) is 23.5. The molecule has 1 N–H and O–H groups in total. The van der Waals surface area contributed by atoms with E-state index in [1.807, 2.05) is 6.92 Å². The average molecular weight is 447 g/mol. The molecule has 0 spiro atoms. The van der Waals surface area contributed by atoms with Crippen molar-refractivity contribution >= 4 is 29.1 Å². The summed E-state index contributed by atoms with van der Waals surface area (Å²) in [7, 11) is 1.27. The molecule has 2 aromatic carbocycles. The molecule has 8 nitrogen and oxygen atoms in total. The number of nitrogens with zero attached hydrogens (tertiary/aromatic N) is 1.